The number of thiophene rings is 2. The van der Waals surface area contributed by atoms with E-state index in [4.69, 9.17) is 9.72 Å². The number of hydrogen-bond acceptors (Lipinski definition) is 6. The van der Waals surface area contributed by atoms with Crippen LogP contribution in [0.5, 0.6) is 11.5 Å². The quantitative estimate of drug-likeness (QED) is 0.161. The standard InChI is InChI=1S/C51H39N4OS2.Pt/c1-30-23-31(2)49(32(3)24-30)54-29-53(40-19-11-12-20-41(40)54)42-26-34(28-46-48(42)36-16-8-14-22-44(36)58-46)56-33-25-37(47-35-15-7-13-21-43(35)57-45(47)27-33)50-52-38-17-9-10-18-39(38)55(50)51(4,5)6;/h7-24,27-29H,1-6H3;/q-3;. The molecule has 0 amide bonds. The average Bonchev–Trinajstić information content (AvgIpc) is 3.97. The van der Waals surface area contributed by atoms with E-state index in [1.165, 1.54) is 42.6 Å². The summed E-state index contributed by atoms with van der Waals surface area (Å²) in [5, 5.41) is 4.69. The first kappa shape index (κ1) is 37.8. The van der Waals surface area contributed by atoms with Crippen molar-refractivity contribution < 1.29 is 25.8 Å². The number of imidazole rings is 1. The molecule has 0 aliphatic carbocycles. The summed E-state index contributed by atoms with van der Waals surface area (Å²) in [4.78, 5) is 9.92. The minimum Gasteiger partial charge on any atom is -0.503 e. The van der Waals surface area contributed by atoms with E-state index in [0.717, 1.165) is 59.7 Å². The van der Waals surface area contributed by atoms with E-state index in [9.17, 15) is 0 Å². The zero-order chi connectivity index (χ0) is 39.4. The minimum absolute atomic E-state index is 0. The van der Waals surface area contributed by atoms with Crippen LogP contribution in [0.4, 0.5) is 22.7 Å². The van der Waals surface area contributed by atoms with Crippen LogP contribution >= 0.6 is 22.7 Å². The summed E-state index contributed by atoms with van der Waals surface area (Å²) >= 11 is 3.56. The van der Waals surface area contributed by atoms with Crippen molar-refractivity contribution in [3.05, 3.63) is 157 Å². The van der Waals surface area contributed by atoms with Crippen molar-refractivity contribution in [3.8, 4) is 22.9 Å². The van der Waals surface area contributed by atoms with Crippen molar-refractivity contribution in [3.63, 3.8) is 0 Å². The van der Waals surface area contributed by atoms with Gasteiger partial charge < -0.3 is 19.1 Å². The van der Waals surface area contributed by atoms with Crippen LogP contribution in [0.15, 0.2) is 121 Å². The Kier molecular flexibility index (Phi) is 9.02. The first-order chi connectivity index (χ1) is 28.1. The number of benzene rings is 7. The summed E-state index contributed by atoms with van der Waals surface area (Å²) in [6, 6.07) is 50.7. The van der Waals surface area contributed by atoms with Crippen LogP contribution < -0.4 is 14.5 Å². The number of para-hydroxylation sites is 4. The molecule has 1 aliphatic rings. The Morgan fingerprint density at radius 1 is 0.627 bits per heavy atom. The van der Waals surface area contributed by atoms with Crippen molar-refractivity contribution in [2.45, 2.75) is 47.1 Å². The number of fused-ring (bicyclic) bond motifs is 8. The van der Waals surface area contributed by atoms with Gasteiger partial charge in [-0.05, 0) is 99.2 Å². The van der Waals surface area contributed by atoms with Crippen LogP contribution in [0.25, 0.3) is 62.8 Å². The normalized spacial score (nSPS) is 13.0. The molecule has 294 valence electrons. The molecule has 11 rings (SSSR count). The molecular formula is C51H39N4OPtS2-3. The van der Waals surface area contributed by atoms with Gasteiger partial charge in [0.2, 0.25) is 0 Å². The van der Waals surface area contributed by atoms with E-state index < -0.39 is 0 Å². The van der Waals surface area contributed by atoms with Crippen molar-refractivity contribution in [1.29, 1.82) is 0 Å². The van der Waals surface area contributed by atoms with E-state index in [2.05, 4.69) is 196 Å². The minimum atomic E-state index is -0.241. The number of anilines is 4. The predicted octanol–water partition coefficient (Wildman–Crippen LogP) is 14.9. The molecule has 8 heteroatoms. The van der Waals surface area contributed by atoms with Gasteiger partial charge in [-0.3, -0.25) is 4.98 Å². The fourth-order valence-electron chi connectivity index (χ4n) is 8.98. The molecule has 10 aromatic rings. The Balaban J connectivity index is 0.00000420. The summed E-state index contributed by atoms with van der Waals surface area (Å²) in [6.07, 6.45) is 0. The van der Waals surface area contributed by atoms with Crippen LogP contribution in [-0.2, 0) is 26.6 Å². The third-order valence-corrected chi connectivity index (χ3v) is 13.4. The van der Waals surface area contributed by atoms with Gasteiger partial charge in [0.1, 0.15) is 0 Å². The smallest absolute Gasteiger partial charge is 0.0770 e. The van der Waals surface area contributed by atoms with Gasteiger partial charge >= 0.3 is 0 Å². The first-order valence-corrected chi connectivity index (χ1v) is 21.3. The van der Waals surface area contributed by atoms with E-state index in [0.29, 0.717) is 11.5 Å². The summed E-state index contributed by atoms with van der Waals surface area (Å²) in [5.74, 6) is 2.14. The van der Waals surface area contributed by atoms with E-state index in [-0.39, 0.29) is 26.6 Å². The second-order valence-corrected chi connectivity index (χ2v) is 18.5. The van der Waals surface area contributed by atoms with Gasteiger partial charge in [0.05, 0.1) is 16.9 Å². The maximum atomic E-state index is 7.01. The SMILES string of the molecule is Cc1cc(C)c(N2[CH-]N(c3[c-]c(Oc4[c-]c(-c5nc6ccccc6n5C(C)(C)C)c5c(c4)sc4ccccc45)cc4sc5ccccc5c34)c3ccccc32)c(C)c1.[Pt]. The molecule has 4 heterocycles. The molecule has 0 fully saturated rings. The molecule has 59 heavy (non-hydrogen) atoms. The molecule has 1 aliphatic heterocycles. The first-order valence-electron chi connectivity index (χ1n) is 19.6. The summed E-state index contributed by atoms with van der Waals surface area (Å²) < 4.78 is 14.1. The van der Waals surface area contributed by atoms with Gasteiger partial charge in [0.25, 0.3) is 0 Å². The monoisotopic (exact) mass is 982 g/mol. The molecule has 0 atom stereocenters. The van der Waals surface area contributed by atoms with Crippen LogP contribution in [0.1, 0.15) is 37.5 Å². The third-order valence-electron chi connectivity index (χ3n) is 11.2. The van der Waals surface area contributed by atoms with E-state index >= 15 is 0 Å². The molecule has 0 radical (unpaired) electrons. The van der Waals surface area contributed by atoms with Gasteiger partial charge in [-0.2, -0.15) is 22.7 Å². The zero-order valence-electron chi connectivity index (χ0n) is 33.5. The Hall–Kier alpha value is -5.46. The fraction of sp³-hybridized carbons (Fsp3) is 0.137. The van der Waals surface area contributed by atoms with Crippen molar-refractivity contribution in [2.24, 2.45) is 0 Å². The van der Waals surface area contributed by atoms with Crippen molar-refractivity contribution in [1.82, 2.24) is 9.55 Å². The second-order valence-electron chi connectivity index (χ2n) is 16.3. The van der Waals surface area contributed by atoms with Crippen LogP contribution in [0.2, 0.25) is 0 Å². The Bertz CT molecular complexity index is 3270. The van der Waals surface area contributed by atoms with E-state index in [1.54, 1.807) is 22.7 Å². The number of ether oxygens (including phenoxy) is 1. The van der Waals surface area contributed by atoms with Crippen LogP contribution in [0.3, 0.4) is 0 Å². The van der Waals surface area contributed by atoms with Gasteiger partial charge in [-0.15, -0.1) is 18.8 Å². The summed E-state index contributed by atoms with van der Waals surface area (Å²) in [7, 11) is 0. The maximum Gasteiger partial charge on any atom is 0.0770 e. The number of nitrogens with zero attached hydrogens (tertiary/aromatic N) is 4. The average molecular weight is 983 g/mol. The number of rotatable bonds is 5. The van der Waals surface area contributed by atoms with E-state index in [1.807, 2.05) is 0 Å². The molecule has 0 bridgehead atoms. The molecule has 0 spiro atoms. The van der Waals surface area contributed by atoms with Crippen molar-refractivity contribution >= 4 is 96.8 Å². The molecule has 5 nitrogen and oxygen atoms in total. The third kappa shape index (κ3) is 6.08. The van der Waals surface area contributed by atoms with Crippen LogP contribution in [0, 0.1) is 39.6 Å². The molecule has 0 saturated heterocycles. The topological polar surface area (TPSA) is 33.5 Å². The number of aryl methyl sites for hydroxylation is 3. The summed E-state index contributed by atoms with van der Waals surface area (Å²) in [6.45, 7) is 15.5. The van der Waals surface area contributed by atoms with Gasteiger partial charge in [0.15, 0.2) is 0 Å². The maximum absolute atomic E-state index is 7.01. The van der Waals surface area contributed by atoms with Crippen LogP contribution in [-0.4, -0.2) is 9.55 Å². The zero-order valence-corrected chi connectivity index (χ0v) is 37.4. The Morgan fingerprint density at radius 2 is 1.19 bits per heavy atom. The van der Waals surface area contributed by atoms with Crippen molar-refractivity contribution in [2.75, 3.05) is 9.80 Å². The molecule has 0 unspecified atom stereocenters. The van der Waals surface area contributed by atoms with Gasteiger partial charge in [-0.1, -0.05) is 123 Å². The fourth-order valence-corrected chi connectivity index (χ4v) is 11.3. The number of aromatic nitrogens is 2. The Labute approximate surface area is 366 Å². The molecule has 0 N–H and O–H groups in total. The van der Waals surface area contributed by atoms with Gasteiger partial charge in [-0.25, -0.2) is 0 Å². The molecule has 7 aromatic carbocycles. The molecule has 0 saturated carbocycles. The largest absolute Gasteiger partial charge is 0.503 e. The second kappa shape index (κ2) is 14.1. The van der Waals surface area contributed by atoms with Gasteiger partial charge in [0, 0.05) is 64.6 Å². The number of hydrogen-bond donors (Lipinski definition) is 0. The molecule has 3 aromatic heterocycles. The predicted molar refractivity (Wildman–Crippen MR) is 246 cm³/mol. The summed E-state index contributed by atoms with van der Waals surface area (Å²) in [5.41, 5.74) is 10.8. The molecular weight excluding hydrogens is 944 g/mol. The Morgan fingerprint density at radius 3 is 1.86 bits per heavy atom.